The molecule has 8 N–H and O–H groups in total. The van der Waals surface area contributed by atoms with Crippen molar-refractivity contribution in [3.8, 4) is 0 Å². The summed E-state index contributed by atoms with van der Waals surface area (Å²) < 4.78 is 55.0. The fourth-order valence-electron chi connectivity index (χ4n) is 16.1. The van der Waals surface area contributed by atoms with Gasteiger partial charge in [0.15, 0.2) is 30.8 Å². The van der Waals surface area contributed by atoms with Crippen LogP contribution in [0.2, 0.25) is 0 Å². The Balaban J connectivity index is 0.884. The number of allylic oxidation sites excluding steroid dienone is 1. The van der Waals surface area contributed by atoms with Crippen LogP contribution in [0.25, 0.3) is 0 Å². The van der Waals surface area contributed by atoms with Crippen LogP contribution in [-0.4, -0.2) is 176 Å². The van der Waals surface area contributed by atoms with Crippen LogP contribution in [0.1, 0.15) is 114 Å². The molecular formula is C49H78O18. The van der Waals surface area contributed by atoms with Gasteiger partial charge >= 0.3 is 5.97 Å². The molecule has 0 aromatic heterocycles. The third kappa shape index (κ3) is 7.93. The first kappa shape index (κ1) is 50.5. The lowest BCUT2D eigenvalue weighted by Crippen LogP contribution is -2.67. The molecule has 67 heavy (non-hydrogen) atoms. The Bertz CT molecular complexity index is 1860. The van der Waals surface area contributed by atoms with Gasteiger partial charge in [0.25, 0.3) is 0 Å². The van der Waals surface area contributed by atoms with Crippen molar-refractivity contribution in [2.75, 3.05) is 19.8 Å². The molecule has 9 aliphatic rings. The summed E-state index contributed by atoms with van der Waals surface area (Å²) in [6.45, 7) is 17.8. The molecule has 4 saturated carbocycles. The molecule has 0 amide bonds. The van der Waals surface area contributed by atoms with Gasteiger partial charge in [-0.1, -0.05) is 39.3 Å². The van der Waals surface area contributed by atoms with Gasteiger partial charge in [-0.25, -0.2) is 0 Å². The van der Waals surface area contributed by atoms with Gasteiger partial charge < -0.3 is 83.5 Å². The standard InChI is InChI=1S/C49H78O18/c1-22(2)16-25-17-47(9,58)40-26-10-11-30-45(7)14-13-31(44(5,6)29(45)12-15-46(30,8)48(26)20-49(40,67-25)60-21-48)64-41-34(55)37(27(52)19-59-41)65-43-36(57)39(33(54)28(18-50)63-43)66-42-35(56)38(62-24(4)51)32(53)23(3)61-42/h16,23,25-43,50,52-58H,10-15,17-21H2,1-9H3. The maximum Gasteiger partial charge on any atom is 0.303 e. The predicted molar refractivity (Wildman–Crippen MR) is 233 cm³/mol. The Morgan fingerprint density at radius 2 is 1.43 bits per heavy atom. The summed E-state index contributed by atoms with van der Waals surface area (Å²) in [5, 5.41) is 89.6. The SMILES string of the molecule is CC(=O)OC1C(O)C(C)OC(OC2C(O)C(CO)OC(OC3C(O)COC(OC4CCC5(C)C(CCC6(C)C5CCC5C7C(C)(O)CC(C=C(C)C)OC78CC56CO8)C4(C)C)C3O)C2O)C1O. The van der Waals surface area contributed by atoms with Crippen molar-refractivity contribution < 1.29 is 88.3 Å². The van der Waals surface area contributed by atoms with Gasteiger partial charge in [0.2, 0.25) is 0 Å². The van der Waals surface area contributed by atoms with E-state index >= 15 is 0 Å². The number of esters is 1. The lowest BCUT2D eigenvalue weighted by atomic mass is 9.35. The lowest BCUT2D eigenvalue weighted by Gasteiger charge is -2.70. The zero-order valence-corrected chi connectivity index (χ0v) is 40.6. The van der Waals surface area contributed by atoms with Crippen molar-refractivity contribution in [2.45, 2.75) is 223 Å². The number of hydrogen-bond donors (Lipinski definition) is 8. The highest BCUT2D eigenvalue weighted by Crippen LogP contribution is 2.80. The minimum Gasteiger partial charge on any atom is -0.457 e. The fourth-order valence-corrected chi connectivity index (χ4v) is 16.1. The molecule has 5 heterocycles. The van der Waals surface area contributed by atoms with Crippen LogP contribution in [0.5, 0.6) is 0 Å². The van der Waals surface area contributed by atoms with Crippen LogP contribution in [0.15, 0.2) is 11.6 Å². The fraction of sp³-hybridized carbons (Fsp3) is 0.939. The van der Waals surface area contributed by atoms with Crippen molar-refractivity contribution >= 4 is 5.97 Å². The molecule has 382 valence electrons. The molecule has 9 rings (SSSR count). The van der Waals surface area contributed by atoms with E-state index in [9.17, 15) is 45.6 Å². The first-order chi connectivity index (χ1) is 31.3. The van der Waals surface area contributed by atoms with Gasteiger partial charge in [0, 0.05) is 31.1 Å². The number of aliphatic hydroxyl groups is 8. The number of aliphatic hydroxyl groups excluding tert-OH is 7. The number of fused-ring (bicyclic) bond motifs is 4. The second-order valence-corrected chi connectivity index (χ2v) is 23.5. The largest absolute Gasteiger partial charge is 0.457 e. The smallest absolute Gasteiger partial charge is 0.303 e. The summed E-state index contributed by atoms with van der Waals surface area (Å²) in [6.07, 6.45) is -12.6. The summed E-state index contributed by atoms with van der Waals surface area (Å²) in [6, 6.07) is 0. The Kier molecular flexibility index (Phi) is 13.3. The van der Waals surface area contributed by atoms with Crippen molar-refractivity contribution in [1.82, 2.24) is 0 Å². The van der Waals surface area contributed by atoms with E-state index in [0.717, 1.165) is 51.0 Å². The van der Waals surface area contributed by atoms with E-state index < -0.39 is 110 Å². The van der Waals surface area contributed by atoms with Gasteiger partial charge in [-0.3, -0.25) is 4.79 Å². The molecule has 2 spiro atoms. The number of carbonyl (C=O) groups excluding carboxylic acids is 1. The van der Waals surface area contributed by atoms with E-state index in [2.05, 4.69) is 47.6 Å². The summed E-state index contributed by atoms with van der Waals surface area (Å²) in [4.78, 5) is 11.8. The van der Waals surface area contributed by atoms with E-state index in [1.165, 1.54) is 6.92 Å². The Morgan fingerprint density at radius 1 is 0.761 bits per heavy atom. The van der Waals surface area contributed by atoms with Crippen LogP contribution in [-0.2, 0) is 47.4 Å². The maximum atomic E-state index is 12.2. The number of rotatable bonds is 9. The Morgan fingerprint density at radius 3 is 2.12 bits per heavy atom. The molecule has 2 bridgehead atoms. The lowest BCUT2D eigenvalue weighted by molar-refractivity contribution is -0.377. The highest BCUT2D eigenvalue weighted by Gasteiger charge is 2.81. The van der Waals surface area contributed by atoms with E-state index in [4.69, 9.17) is 42.6 Å². The molecule has 0 radical (unpaired) electrons. The summed E-state index contributed by atoms with van der Waals surface area (Å²) in [7, 11) is 0. The van der Waals surface area contributed by atoms with Crippen LogP contribution in [0, 0.1) is 45.3 Å². The van der Waals surface area contributed by atoms with Gasteiger partial charge in [-0.05, 0) is 100 Å². The van der Waals surface area contributed by atoms with Crippen molar-refractivity contribution in [3.63, 3.8) is 0 Å². The minimum absolute atomic E-state index is 0.0414. The molecule has 4 aliphatic carbocycles. The van der Waals surface area contributed by atoms with Crippen LogP contribution in [0.4, 0.5) is 0 Å². The number of carbonyl (C=O) groups is 1. The molecular weight excluding hydrogens is 877 g/mol. The molecule has 25 unspecified atom stereocenters. The predicted octanol–water partition coefficient (Wildman–Crippen LogP) is 1.57. The third-order valence-electron chi connectivity index (χ3n) is 19.0. The van der Waals surface area contributed by atoms with E-state index in [1.54, 1.807) is 0 Å². The zero-order chi connectivity index (χ0) is 48.6. The second-order valence-electron chi connectivity index (χ2n) is 23.5. The second kappa shape index (κ2) is 17.7. The molecule has 18 nitrogen and oxygen atoms in total. The van der Waals surface area contributed by atoms with Crippen LogP contribution in [0.3, 0.4) is 0 Å². The first-order valence-corrected chi connectivity index (χ1v) is 24.8. The Hall–Kier alpha value is -1.43. The van der Waals surface area contributed by atoms with E-state index in [1.807, 2.05) is 6.92 Å². The topological polar surface area (TPSA) is 262 Å². The average molecular weight is 955 g/mol. The van der Waals surface area contributed by atoms with Gasteiger partial charge in [-0.15, -0.1) is 0 Å². The van der Waals surface area contributed by atoms with Gasteiger partial charge in [0.05, 0.1) is 43.7 Å². The molecule has 5 saturated heterocycles. The summed E-state index contributed by atoms with van der Waals surface area (Å²) >= 11 is 0. The molecule has 0 aromatic rings. The normalized spacial score (nSPS) is 55.7. The summed E-state index contributed by atoms with van der Waals surface area (Å²) in [5.74, 6) is -0.715. The van der Waals surface area contributed by atoms with Crippen LogP contribution < -0.4 is 0 Å². The van der Waals surface area contributed by atoms with Crippen molar-refractivity contribution in [3.05, 3.63) is 11.6 Å². The summed E-state index contributed by atoms with van der Waals surface area (Å²) in [5.41, 5.74) is -0.335. The Labute approximate surface area is 393 Å². The zero-order valence-electron chi connectivity index (χ0n) is 40.6. The number of hydrogen-bond acceptors (Lipinski definition) is 18. The van der Waals surface area contributed by atoms with Crippen molar-refractivity contribution in [2.24, 2.45) is 45.3 Å². The van der Waals surface area contributed by atoms with Gasteiger partial charge in [-0.2, -0.15) is 0 Å². The molecule has 0 aromatic carbocycles. The third-order valence-corrected chi connectivity index (χ3v) is 19.0. The van der Waals surface area contributed by atoms with E-state index in [-0.39, 0.29) is 52.3 Å². The maximum absolute atomic E-state index is 12.2. The van der Waals surface area contributed by atoms with Crippen molar-refractivity contribution in [1.29, 1.82) is 0 Å². The molecule has 18 heteroatoms. The van der Waals surface area contributed by atoms with Gasteiger partial charge in [0.1, 0.15) is 54.9 Å². The van der Waals surface area contributed by atoms with E-state index in [0.29, 0.717) is 31.3 Å². The monoisotopic (exact) mass is 955 g/mol. The highest BCUT2D eigenvalue weighted by atomic mass is 16.8. The highest BCUT2D eigenvalue weighted by molar-refractivity contribution is 5.66. The minimum atomic E-state index is -1.83. The molecule has 5 aliphatic heterocycles. The van der Waals surface area contributed by atoms with Crippen LogP contribution >= 0.6 is 0 Å². The molecule has 9 fully saturated rings. The average Bonchev–Trinajstić information content (AvgIpc) is 3.76. The quantitative estimate of drug-likeness (QED) is 0.0927. The molecule has 25 atom stereocenters. The number of ether oxygens (including phenoxy) is 9. The first-order valence-electron chi connectivity index (χ1n) is 24.8.